The van der Waals surface area contributed by atoms with Crippen LogP contribution in [-0.2, 0) is 9.59 Å². The summed E-state index contributed by atoms with van der Waals surface area (Å²) in [4.78, 5) is 25.0. The van der Waals surface area contributed by atoms with Gasteiger partial charge in [-0.15, -0.1) is 0 Å². The van der Waals surface area contributed by atoms with Crippen LogP contribution >= 0.6 is 0 Å². The minimum atomic E-state index is -0.241. The molecule has 4 rings (SSSR count). The molecule has 0 spiro atoms. The SMILES string of the molecule is Bc1ccc(C2=C3C(=O)NC(c4ccc(C)cc4)=C3C(=O)N2)cc1. The van der Waals surface area contributed by atoms with Crippen LogP contribution in [0.2, 0.25) is 0 Å². The van der Waals surface area contributed by atoms with Crippen molar-refractivity contribution in [1.29, 1.82) is 0 Å². The number of nitrogens with one attached hydrogen (secondary N) is 2. The van der Waals surface area contributed by atoms with E-state index in [0.29, 0.717) is 22.5 Å². The van der Waals surface area contributed by atoms with Gasteiger partial charge in [-0.25, -0.2) is 0 Å². The molecule has 24 heavy (non-hydrogen) atoms. The molecule has 0 saturated carbocycles. The van der Waals surface area contributed by atoms with E-state index in [2.05, 4.69) is 10.6 Å². The summed E-state index contributed by atoms with van der Waals surface area (Å²) in [5.74, 6) is -0.482. The van der Waals surface area contributed by atoms with Crippen molar-refractivity contribution in [1.82, 2.24) is 10.6 Å². The lowest BCUT2D eigenvalue weighted by Gasteiger charge is -2.07. The monoisotopic (exact) mass is 314 g/mol. The van der Waals surface area contributed by atoms with E-state index in [4.69, 9.17) is 0 Å². The van der Waals surface area contributed by atoms with E-state index < -0.39 is 0 Å². The number of benzene rings is 2. The van der Waals surface area contributed by atoms with E-state index in [1.54, 1.807) is 0 Å². The molecule has 2 N–H and O–H groups in total. The fourth-order valence-electron chi connectivity index (χ4n) is 3.05. The molecule has 4 nitrogen and oxygen atoms in total. The molecule has 0 bridgehead atoms. The van der Waals surface area contributed by atoms with E-state index in [0.717, 1.165) is 22.2 Å². The van der Waals surface area contributed by atoms with Crippen LogP contribution in [0.1, 0.15) is 16.7 Å². The molecule has 116 valence electrons. The largest absolute Gasteiger partial charge is 0.321 e. The van der Waals surface area contributed by atoms with Crippen molar-refractivity contribution in [2.45, 2.75) is 6.92 Å². The summed E-state index contributed by atoms with van der Waals surface area (Å²) in [5.41, 5.74) is 5.93. The maximum Gasteiger partial charge on any atom is 0.258 e. The zero-order chi connectivity index (χ0) is 16.8. The molecule has 2 aliphatic heterocycles. The highest BCUT2D eigenvalue weighted by Crippen LogP contribution is 2.36. The van der Waals surface area contributed by atoms with Gasteiger partial charge < -0.3 is 10.6 Å². The minimum absolute atomic E-state index is 0.241. The van der Waals surface area contributed by atoms with Crippen LogP contribution in [0.5, 0.6) is 0 Å². The fourth-order valence-corrected chi connectivity index (χ4v) is 3.05. The smallest absolute Gasteiger partial charge is 0.258 e. The second kappa shape index (κ2) is 5.23. The molecule has 0 aromatic heterocycles. The van der Waals surface area contributed by atoms with Crippen molar-refractivity contribution >= 4 is 36.5 Å². The van der Waals surface area contributed by atoms with Gasteiger partial charge in [0, 0.05) is 0 Å². The van der Waals surface area contributed by atoms with Crippen molar-refractivity contribution in [3.8, 4) is 0 Å². The Labute approximate surface area is 140 Å². The molecule has 5 heteroatoms. The lowest BCUT2D eigenvalue weighted by atomic mass is 9.94. The number of fused-ring (bicyclic) bond motifs is 1. The third-order valence-electron chi connectivity index (χ3n) is 4.36. The molecule has 2 aliphatic rings. The second-order valence-corrected chi connectivity index (χ2v) is 6.14. The molecule has 2 heterocycles. The third-order valence-corrected chi connectivity index (χ3v) is 4.36. The first kappa shape index (κ1) is 14.5. The number of hydrogen-bond donors (Lipinski definition) is 2. The molecule has 2 aromatic carbocycles. The van der Waals surface area contributed by atoms with Crippen molar-refractivity contribution in [2.24, 2.45) is 0 Å². The van der Waals surface area contributed by atoms with Gasteiger partial charge in [0.05, 0.1) is 22.5 Å². The lowest BCUT2D eigenvalue weighted by molar-refractivity contribution is -0.117. The lowest BCUT2D eigenvalue weighted by Crippen LogP contribution is -2.21. The van der Waals surface area contributed by atoms with Crippen LogP contribution in [-0.4, -0.2) is 19.7 Å². The molecule has 0 fully saturated rings. The van der Waals surface area contributed by atoms with Crippen LogP contribution in [0.4, 0.5) is 0 Å². The number of carbonyl (C=O) groups excluding carboxylic acids is 2. The zero-order valence-corrected chi connectivity index (χ0v) is 13.4. The van der Waals surface area contributed by atoms with Gasteiger partial charge in [-0.05, 0) is 18.1 Å². The highest BCUT2D eigenvalue weighted by molar-refractivity contribution is 6.32. The van der Waals surface area contributed by atoms with Crippen molar-refractivity contribution < 1.29 is 9.59 Å². The zero-order valence-electron chi connectivity index (χ0n) is 13.4. The van der Waals surface area contributed by atoms with Crippen LogP contribution in [0.25, 0.3) is 11.4 Å². The topological polar surface area (TPSA) is 58.2 Å². The molecule has 0 atom stereocenters. The van der Waals surface area contributed by atoms with E-state index in [-0.39, 0.29) is 11.8 Å². The molecular formula is C19H15BN2O2. The maximum atomic E-state index is 12.5. The maximum absolute atomic E-state index is 12.5. The molecule has 0 unspecified atom stereocenters. The van der Waals surface area contributed by atoms with Gasteiger partial charge in [-0.3, -0.25) is 9.59 Å². The van der Waals surface area contributed by atoms with Crippen molar-refractivity contribution in [3.63, 3.8) is 0 Å². The average Bonchev–Trinajstić information content (AvgIpc) is 3.08. The number of rotatable bonds is 2. The summed E-state index contributed by atoms with van der Waals surface area (Å²) in [6, 6.07) is 15.5. The summed E-state index contributed by atoms with van der Waals surface area (Å²) in [5, 5.41) is 5.71. The predicted octanol–water partition coefficient (Wildman–Crippen LogP) is 0.635. The van der Waals surface area contributed by atoms with E-state index in [1.807, 2.05) is 63.3 Å². The standard InChI is InChI=1S/C19H15BN2O2/c1-10-2-4-11(5-3-10)16-14-15(19(24)21-16)17(22-18(14)23)12-6-8-13(20)9-7-12/h2-9H,20H2,1H3,(H,21,24)(H,22,23). The van der Waals surface area contributed by atoms with Gasteiger partial charge in [-0.2, -0.15) is 0 Å². The number of amides is 2. The minimum Gasteiger partial charge on any atom is -0.321 e. The molecule has 2 aromatic rings. The van der Waals surface area contributed by atoms with Crippen LogP contribution < -0.4 is 16.1 Å². The predicted molar refractivity (Wildman–Crippen MR) is 95.9 cm³/mol. The van der Waals surface area contributed by atoms with E-state index in [1.165, 1.54) is 0 Å². The number of hydrogen-bond acceptors (Lipinski definition) is 2. The summed E-state index contributed by atoms with van der Waals surface area (Å²) >= 11 is 0. The Balaban J connectivity index is 1.88. The van der Waals surface area contributed by atoms with Gasteiger partial charge >= 0.3 is 0 Å². The quantitative estimate of drug-likeness (QED) is 0.799. The Bertz CT molecular complexity index is 859. The highest BCUT2D eigenvalue weighted by atomic mass is 16.2. The average molecular weight is 314 g/mol. The molecule has 2 amide bonds. The Kier molecular flexibility index (Phi) is 3.16. The van der Waals surface area contributed by atoms with Gasteiger partial charge in [0.25, 0.3) is 11.8 Å². The summed E-state index contributed by atoms with van der Waals surface area (Å²) in [6.45, 7) is 2.00. The summed E-state index contributed by atoms with van der Waals surface area (Å²) in [7, 11) is 2.00. The Morgan fingerprint density at radius 3 is 1.58 bits per heavy atom. The summed E-state index contributed by atoms with van der Waals surface area (Å²) < 4.78 is 0. The van der Waals surface area contributed by atoms with Crippen LogP contribution in [0.3, 0.4) is 0 Å². The van der Waals surface area contributed by atoms with Gasteiger partial charge in [0.15, 0.2) is 0 Å². The van der Waals surface area contributed by atoms with E-state index in [9.17, 15) is 9.59 Å². The molecule has 0 saturated heterocycles. The fraction of sp³-hybridized carbons (Fsp3) is 0.0526. The first-order valence-electron chi connectivity index (χ1n) is 7.80. The molecular weight excluding hydrogens is 299 g/mol. The number of aryl methyl sites for hydroxylation is 1. The van der Waals surface area contributed by atoms with Gasteiger partial charge in [0.2, 0.25) is 0 Å². The van der Waals surface area contributed by atoms with Crippen LogP contribution in [0, 0.1) is 6.92 Å². The number of carbonyl (C=O) groups is 2. The molecule has 0 radical (unpaired) electrons. The third kappa shape index (κ3) is 2.17. The van der Waals surface area contributed by atoms with Gasteiger partial charge in [-0.1, -0.05) is 59.6 Å². The Morgan fingerprint density at radius 2 is 1.12 bits per heavy atom. The van der Waals surface area contributed by atoms with Crippen LogP contribution in [0.15, 0.2) is 59.7 Å². The first-order chi connectivity index (χ1) is 11.5. The molecule has 0 aliphatic carbocycles. The normalized spacial score (nSPS) is 16.4. The second-order valence-electron chi connectivity index (χ2n) is 6.14. The summed E-state index contributed by atoms with van der Waals surface area (Å²) in [6.07, 6.45) is 0. The van der Waals surface area contributed by atoms with E-state index >= 15 is 0 Å². The van der Waals surface area contributed by atoms with Gasteiger partial charge in [0.1, 0.15) is 7.85 Å². The van der Waals surface area contributed by atoms with Crippen molar-refractivity contribution in [2.75, 3.05) is 0 Å². The highest BCUT2D eigenvalue weighted by Gasteiger charge is 2.40. The Hall–Kier alpha value is -3.08. The Morgan fingerprint density at radius 1 is 0.708 bits per heavy atom. The first-order valence-corrected chi connectivity index (χ1v) is 7.80. The van der Waals surface area contributed by atoms with Crippen molar-refractivity contribution in [3.05, 3.63) is 76.4 Å².